The van der Waals surface area contributed by atoms with Gasteiger partial charge in [0.2, 0.25) is 11.8 Å². The van der Waals surface area contributed by atoms with Crippen LogP contribution in [0.2, 0.25) is 0 Å². The lowest BCUT2D eigenvalue weighted by molar-refractivity contribution is -0.274. The molecule has 0 saturated carbocycles. The van der Waals surface area contributed by atoms with Crippen LogP contribution in [0, 0.1) is 5.92 Å². The molecular weight excluding hydrogens is 415 g/mol. The van der Waals surface area contributed by atoms with Crippen molar-refractivity contribution in [3.8, 4) is 5.75 Å². The van der Waals surface area contributed by atoms with Gasteiger partial charge in [0.15, 0.2) is 0 Å². The second kappa shape index (κ2) is 8.66. The number of carbonyl (C=O) groups excluding carboxylic acids is 3. The van der Waals surface area contributed by atoms with Crippen LogP contribution in [0.3, 0.4) is 0 Å². The zero-order valence-electron chi connectivity index (χ0n) is 16.7. The molecule has 7 nitrogen and oxygen atoms in total. The summed E-state index contributed by atoms with van der Waals surface area (Å²) >= 11 is 0. The van der Waals surface area contributed by atoms with Crippen molar-refractivity contribution in [1.29, 1.82) is 0 Å². The van der Waals surface area contributed by atoms with Crippen LogP contribution in [-0.2, 0) is 9.59 Å². The van der Waals surface area contributed by atoms with Crippen molar-refractivity contribution in [2.75, 3.05) is 16.8 Å². The largest absolute Gasteiger partial charge is 0.573 e. The van der Waals surface area contributed by atoms with Crippen molar-refractivity contribution < 1.29 is 32.3 Å². The van der Waals surface area contributed by atoms with E-state index >= 15 is 0 Å². The summed E-state index contributed by atoms with van der Waals surface area (Å²) in [7, 11) is 0. The Bertz CT molecular complexity index is 990. The molecule has 2 aromatic rings. The standard InChI is InChI=1S/C21H20F3N3O4/c1-12(2)18-20(30)27(16-6-4-3-5-15(16)19(29)26-18)11-17(28)25-13-7-9-14(10-8-13)31-21(22,23)24/h3-10,12,18H,11H2,1-2H3,(H,25,28)(H,26,29). The monoisotopic (exact) mass is 435 g/mol. The molecule has 2 aromatic carbocycles. The molecule has 0 radical (unpaired) electrons. The van der Waals surface area contributed by atoms with Gasteiger partial charge in [0.1, 0.15) is 18.3 Å². The molecule has 164 valence electrons. The second-order valence-corrected chi connectivity index (χ2v) is 7.26. The average Bonchev–Trinajstić information content (AvgIpc) is 2.79. The number of ether oxygens (including phenoxy) is 1. The molecule has 1 heterocycles. The smallest absolute Gasteiger partial charge is 0.406 e. The lowest BCUT2D eigenvalue weighted by Crippen LogP contribution is -2.50. The molecule has 0 aromatic heterocycles. The van der Waals surface area contributed by atoms with Gasteiger partial charge in [0.25, 0.3) is 5.91 Å². The maximum atomic E-state index is 13.1. The van der Waals surface area contributed by atoms with Crippen molar-refractivity contribution in [2.24, 2.45) is 5.92 Å². The number of hydrogen-bond donors (Lipinski definition) is 2. The Hall–Kier alpha value is -3.56. The van der Waals surface area contributed by atoms with E-state index in [1.54, 1.807) is 38.1 Å². The number of anilines is 2. The van der Waals surface area contributed by atoms with E-state index in [-0.39, 0.29) is 23.7 Å². The van der Waals surface area contributed by atoms with Crippen LogP contribution in [0.15, 0.2) is 48.5 Å². The maximum absolute atomic E-state index is 13.1. The minimum absolute atomic E-state index is 0.211. The first kappa shape index (κ1) is 22.1. The molecule has 0 bridgehead atoms. The van der Waals surface area contributed by atoms with Crippen molar-refractivity contribution in [3.05, 3.63) is 54.1 Å². The normalized spacial score (nSPS) is 16.5. The number of halogens is 3. The summed E-state index contributed by atoms with van der Waals surface area (Å²) in [6.07, 6.45) is -4.82. The summed E-state index contributed by atoms with van der Waals surface area (Å²) in [5.41, 5.74) is 0.794. The minimum Gasteiger partial charge on any atom is -0.406 e. The number of amides is 3. The van der Waals surface area contributed by atoms with Gasteiger partial charge < -0.3 is 20.3 Å². The Morgan fingerprint density at radius 3 is 2.39 bits per heavy atom. The van der Waals surface area contributed by atoms with Crippen LogP contribution >= 0.6 is 0 Å². The third-order valence-corrected chi connectivity index (χ3v) is 4.60. The lowest BCUT2D eigenvalue weighted by atomic mass is 10.0. The molecule has 1 aliphatic rings. The van der Waals surface area contributed by atoms with Gasteiger partial charge in [-0.15, -0.1) is 13.2 Å². The number of nitrogens with one attached hydrogen (secondary N) is 2. The highest BCUT2D eigenvalue weighted by Crippen LogP contribution is 2.27. The third kappa shape index (κ3) is 5.33. The predicted octanol–water partition coefficient (Wildman–Crippen LogP) is 3.32. The molecule has 0 fully saturated rings. The van der Waals surface area contributed by atoms with Gasteiger partial charge in [-0.2, -0.15) is 0 Å². The van der Waals surface area contributed by atoms with Gasteiger partial charge >= 0.3 is 6.36 Å². The number of fused-ring (bicyclic) bond motifs is 1. The van der Waals surface area contributed by atoms with Crippen LogP contribution < -0.4 is 20.3 Å². The number of rotatable bonds is 5. The Morgan fingerprint density at radius 2 is 1.77 bits per heavy atom. The van der Waals surface area contributed by atoms with E-state index in [2.05, 4.69) is 15.4 Å². The highest BCUT2D eigenvalue weighted by atomic mass is 19.4. The Labute approximate surface area is 176 Å². The molecule has 10 heteroatoms. The van der Waals surface area contributed by atoms with Crippen LogP contribution in [-0.4, -0.2) is 36.7 Å². The third-order valence-electron chi connectivity index (χ3n) is 4.60. The highest BCUT2D eigenvalue weighted by Gasteiger charge is 2.36. The van der Waals surface area contributed by atoms with Gasteiger partial charge in [-0.1, -0.05) is 26.0 Å². The molecule has 3 rings (SSSR count). The quantitative estimate of drug-likeness (QED) is 0.754. The maximum Gasteiger partial charge on any atom is 0.573 e. The Morgan fingerprint density at radius 1 is 1.13 bits per heavy atom. The van der Waals surface area contributed by atoms with Crippen LogP contribution in [0.4, 0.5) is 24.5 Å². The summed E-state index contributed by atoms with van der Waals surface area (Å²) in [6, 6.07) is 10.3. The zero-order valence-corrected chi connectivity index (χ0v) is 16.7. The first-order valence-electron chi connectivity index (χ1n) is 9.42. The molecular formula is C21H20F3N3O4. The van der Waals surface area contributed by atoms with E-state index in [1.807, 2.05) is 0 Å². The summed E-state index contributed by atoms with van der Waals surface area (Å²) < 4.78 is 40.6. The number of carbonyl (C=O) groups is 3. The van der Waals surface area contributed by atoms with E-state index in [1.165, 1.54) is 17.0 Å². The molecule has 0 spiro atoms. The number of benzene rings is 2. The van der Waals surface area contributed by atoms with E-state index in [0.29, 0.717) is 5.69 Å². The van der Waals surface area contributed by atoms with E-state index in [0.717, 1.165) is 12.1 Å². The number of para-hydroxylation sites is 1. The molecule has 0 saturated heterocycles. The first-order chi connectivity index (χ1) is 14.5. The SMILES string of the molecule is CC(C)C1NC(=O)c2ccccc2N(CC(=O)Nc2ccc(OC(F)(F)F)cc2)C1=O. The molecule has 0 aliphatic carbocycles. The van der Waals surface area contributed by atoms with Crippen molar-refractivity contribution in [3.63, 3.8) is 0 Å². The van der Waals surface area contributed by atoms with Crippen molar-refractivity contribution >= 4 is 29.1 Å². The fourth-order valence-corrected chi connectivity index (χ4v) is 3.17. The van der Waals surface area contributed by atoms with Gasteiger partial charge in [-0.3, -0.25) is 14.4 Å². The lowest BCUT2D eigenvalue weighted by Gasteiger charge is -2.26. The number of nitrogens with zero attached hydrogens (tertiary/aromatic N) is 1. The van der Waals surface area contributed by atoms with Gasteiger partial charge in [0.05, 0.1) is 11.3 Å². The molecule has 1 unspecified atom stereocenters. The zero-order chi connectivity index (χ0) is 22.8. The first-order valence-corrected chi connectivity index (χ1v) is 9.42. The van der Waals surface area contributed by atoms with Crippen LogP contribution in [0.5, 0.6) is 5.75 Å². The van der Waals surface area contributed by atoms with Gasteiger partial charge in [-0.05, 0) is 42.3 Å². The molecule has 3 amide bonds. The Kier molecular flexibility index (Phi) is 6.19. The highest BCUT2D eigenvalue weighted by molar-refractivity contribution is 6.13. The molecule has 1 atom stereocenters. The predicted molar refractivity (Wildman–Crippen MR) is 107 cm³/mol. The van der Waals surface area contributed by atoms with Gasteiger partial charge in [-0.25, -0.2) is 0 Å². The fourth-order valence-electron chi connectivity index (χ4n) is 3.17. The molecule has 2 N–H and O–H groups in total. The summed E-state index contributed by atoms with van der Waals surface area (Å²) in [5.74, 6) is -2.06. The van der Waals surface area contributed by atoms with E-state index in [4.69, 9.17) is 0 Å². The fraction of sp³-hybridized carbons (Fsp3) is 0.286. The average molecular weight is 435 g/mol. The number of alkyl halides is 3. The second-order valence-electron chi connectivity index (χ2n) is 7.26. The van der Waals surface area contributed by atoms with Crippen LogP contribution in [0.1, 0.15) is 24.2 Å². The summed E-state index contributed by atoms with van der Waals surface area (Å²) in [5, 5.41) is 5.23. The topological polar surface area (TPSA) is 87.7 Å². The Balaban J connectivity index is 1.79. The summed E-state index contributed by atoms with van der Waals surface area (Å²) in [6.45, 7) is 3.18. The van der Waals surface area contributed by atoms with Gasteiger partial charge in [0, 0.05) is 5.69 Å². The minimum atomic E-state index is -4.82. The molecule has 1 aliphatic heterocycles. The van der Waals surface area contributed by atoms with E-state index in [9.17, 15) is 27.6 Å². The van der Waals surface area contributed by atoms with Crippen molar-refractivity contribution in [1.82, 2.24) is 5.32 Å². The van der Waals surface area contributed by atoms with Crippen molar-refractivity contribution in [2.45, 2.75) is 26.3 Å². The number of hydrogen-bond acceptors (Lipinski definition) is 4. The molecule has 31 heavy (non-hydrogen) atoms. The summed E-state index contributed by atoms with van der Waals surface area (Å²) in [4.78, 5) is 39.4. The van der Waals surface area contributed by atoms with Crippen LogP contribution in [0.25, 0.3) is 0 Å². The van der Waals surface area contributed by atoms with E-state index < -0.39 is 35.9 Å².